The summed E-state index contributed by atoms with van der Waals surface area (Å²) < 4.78 is 29.9. The zero-order valence-corrected chi connectivity index (χ0v) is 21.1. The number of carbonyl (C=O) groups is 2. The van der Waals surface area contributed by atoms with Crippen LogP contribution >= 0.6 is 15.9 Å². The summed E-state index contributed by atoms with van der Waals surface area (Å²) in [6.45, 7) is 2.16. The minimum atomic E-state index is -0.617. The lowest BCUT2D eigenvalue weighted by atomic mass is 10.1. The molecule has 0 fully saturated rings. The fourth-order valence-corrected chi connectivity index (χ4v) is 3.69. The highest BCUT2D eigenvalue weighted by atomic mass is 79.9. The fraction of sp³-hybridized carbons (Fsp3) is 0.148. The Labute approximate surface area is 216 Å². The van der Waals surface area contributed by atoms with E-state index in [-0.39, 0.29) is 24.6 Å². The highest BCUT2D eigenvalue weighted by Crippen LogP contribution is 2.37. The molecule has 0 spiro atoms. The molecule has 0 aliphatic rings. The summed E-state index contributed by atoms with van der Waals surface area (Å²) >= 11 is 3.44. The molecule has 1 N–H and O–H groups in total. The molecule has 0 unspecified atom stereocenters. The van der Waals surface area contributed by atoms with Crippen molar-refractivity contribution < 1.29 is 28.2 Å². The van der Waals surface area contributed by atoms with Crippen molar-refractivity contribution in [3.05, 3.63) is 93.2 Å². The van der Waals surface area contributed by atoms with Crippen LogP contribution in [0.5, 0.6) is 11.5 Å². The van der Waals surface area contributed by atoms with E-state index in [2.05, 4.69) is 21.2 Å². The molecule has 9 heteroatoms. The van der Waals surface area contributed by atoms with Crippen molar-refractivity contribution in [2.45, 2.75) is 13.5 Å². The van der Waals surface area contributed by atoms with Gasteiger partial charge in [0.2, 0.25) is 0 Å². The lowest BCUT2D eigenvalue weighted by Crippen LogP contribution is -2.13. The molecule has 36 heavy (non-hydrogen) atoms. The first-order valence-electron chi connectivity index (χ1n) is 10.8. The third-order valence-electron chi connectivity index (χ3n) is 4.88. The van der Waals surface area contributed by atoms with E-state index >= 15 is 0 Å². The average Bonchev–Trinajstić information content (AvgIpc) is 2.87. The zero-order chi connectivity index (χ0) is 26.1. The van der Waals surface area contributed by atoms with Crippen LogP contribution in [0.2, 0.25) is 0 Å². The lowest BCUT2D eigenvalue weighted by Gasteiger charge is -2.14. The van der Waals surface area contributed by atoms with Crippen molar-refractivity contribution >= 4 is 39.6 Å². The number of halogens is 2. The van der Waals surface area contributed by atoms with E-state index in [1.54, 1.807) is 43.3 Å². The number of nitriles is 1. The molecular weight excluding hydrogens is 531 g/mol. The van der Waals surface area contributed by atoms with E-state index in [1.165, 1.54) is 37.5 Å². The second kappa shape index (κ2) is 12.5. The maximum absolute atomic E-state index is 13.1. The van der Waals surface area contributed by atoms with Gasteiger partial charge < -0.3 is 19.5 Å². The Morgan fingerprint density at radius 1 is 1.11 bits per heavy atom. The molecule has 0 aromatic heterocycles. The van der Waals surface area contributed by atoms with E-state index in [0.717, 1.165) is 5.56 Å². The smallest absolute Gasteiger partial charge is 0.338 e. The molecule has 7 nitrogen and oxygen atoms in total. The quantitative estimate of drug-likeness (QED) is 0.201. The molecule has 0 aliphatic carbocycles. The number of benzene rings is 3. The number of ether oxygens (including phenoxy) is 3. The highest BCUT2D eigenvalue weighted by molar-refractivity contribution is 9.10. The van der Waals surface area contributed by atoms with Gasteiger partial charge in [-0.25, -0.2) is 9.18 Å². The summed E-state index contributed by atoms with van der Waals surface area (Å²) in [7, 11) is 1.47. The van der Waals surface area contributed by atoms with Crippen LogP contribution in [0.4, 0.5) is 10.1 Å². The average molecular weight is 553 g/mol. The van der Waals surface area contributed by atoms with Crippen molar-refractivity contribution in [3.8, 4) is 17.6 Å². The molecule has 0 aliphatic heterocycles. The van der Waals surface area contributed by atoms with E-state index in [9.17, 15) is 19.2 Å². The normalized spacial score (nSPS) is 10.8. The number of anilines is 1. The second-order valence-electron chi connectivity index (χ2n) is 7.37. The van der Waals surface area contributed by atoms with E-state index in [0.29, 0.717) is 32.8 Å². The number of hydrogen-bond donors (Lipinski definition) is 1. The number of nitrogens with zero attached hydrogens (tertiary/aromatic N) is 1. The molecule has 3 rings (SSSR count). The van der Waals surface area contributed by atoms with Gasteiger partial charge in [-0.15, -0.1) is 0 Å². The van der Waals surface area contributed by atoms with Gasteiger partial charge in [0.15, 0.2) is 11.5 Å². The first kappa shape index (κ1) is 26.4. The van der Waals surface area contributed by atoms with Gasteiger partial charge in [-0.2, -0.15) is 5.26 Å². The fourth-order valence-electron chi connectivity index (χ4n) is 3.12. The van der Waals surface area contributed by atoms with Gasteiger partial charge in [0.1, 0.15) is 24.1 Å². The summed E-state index contributed by atoms with van der Waals surface area (Å²) in [5.41, 5.74) is 1.92. The van der Waals surface area contributed by atoms with E-state index in [4.69, 9.17) is 14.2 Å². The molecule has 0 saturated carbocycles. The number of carbonyl (C=O) groups excluding carboxylic acids is 2. The molecule has 0 saturated heterocycles. The van der Waals surface area contributed by atoms with Gasteiger partial charge in [-0.3, -0.25) is 4.79 Å². The van der Waals surface area contributed by atoms with Crippen molar-refractivity contribution in [1.29, 1.82) is 5.26 Å². The van der Waals surface area contributed by atoms with Gasteiger partial charge in [-0.1, -0.05) is 12.1 Å². The summed E-state index contributed by atoms with van der Waals surface area (Å²) in [6, 6.07) is 17.3. The molecule has 0 radical (unpaired) electrons. The van der Waals surface area contributed by atoms with Crippen LogP contribution in [0.15, 0.2) is 70.7 Å². The molecule has 184 valence electrons. The standard InChI is InChI=1S/C27H22BrFN2O5/c1-3-35-27(33)19-6-10-22(11-7-19)31-26(32)20(15-30)12-18-13-23(28)25(24(14-18)34-2)36-16-17-4-8-21(29)9-5-17/h4-14H,3,16H2,1-2H3,(H,31,32)/b20-12+. The zero-order valence-electron chi connectivity index (χ0n) is 19.5. The molecule has 3 aromatic carbocycles. The van der Waals surface area contributed by atoms with Gasteiger partial charge in [0.05, 0.1) is 23.8 Å². The van der Waals surface area contributed by atoms with Crippen molar-refractivity contribution in [2.75, 3.05) is 19.0 Å². The monoisotopic (exact) mass is 552 g/mol. The molecule has 0 atom stereocenters. The van der Waals surface area contributed by atoms with E-state index < -0.39 is 11.9 Å². The van der Waals surface area contributed by atoms with Crippen LogP contribution in [0.3, 0.4) is 0 Å². The van der Waals surface area contributed by atoms with Gasteiger partial charge in [0, 0.05) is 5.69 Å². The SMILES string of the molecule is CCOC(=O)c1ccc(NC(=O)/C(C#N)=C/c2cc(Br)c(OCc3ccc(F)cc3)c(OC)c2)cc1. The van der Waals surface area contributed by atoms with Gasteiger partial charge in [0.25, 0.3) is 5.91 Å². The molecule has 0 heterocycles. The number of nitrogens with one attached hydrogen (secondary N) is 1. The summed E-state index contributed by atoms with van der Waals surface area (Å²) in [4.78, 5) is 24.4. The first-order valence-corrected chi connectivity index (χ1v) is 11.6. The summed E-state index contributed by atoms with van der Waals surface area (Å²) in [5.74, 6) is -0.612. The highest BCUT2D eigenvalue weighted by Gasteiger charge is 2.15. The van der Waals surface area contributed by atoms with E-state index in [1.807, 2.05) is 6.07 Å². The maximum Gasteiger partial charge on any atom is 0.338 e. The Hall–Kier alpha value is -4.16. The van der Waals surface area contributed by atoms with Crippen LogP contribution in [-0.4, -0.2) is 25.6 Å². The number of amides is 1. The lowest BCUT2D eigenvalue weighted by molar-refractivity contribution is -0.112. The van der Waals surface area contributed by atoms with Gasteiger partial charge >= 0.3 is 5.97 Å². The predicted octanol–water partition coefficient (Wildman–Crippen LogP) is 5.90. The van der Waals surface area contributed by atoms with Crippen molar-refractivity contribution in [3.63, 3.8) is 0 Å². The number of hydrogen-bond acceptors (Lipinski definition) is 6. The van der Waals surface area contributed by atoms with Crippen LogP contribution in [0.25, 0.3) is 6.08 Å². The number of methoxy groups -OCH3 is 1. The van der Waals surface area contributed by atoms with Crippen LogP contribution < -0.4 is 14.8 Å². The summed E-state index contributed by atoms with van der Waals surface area (Å²) in [6.07, 6.45) is 1.42. The number of rotatable bonds is 9. The van der Waals surface area contributed by atoms with Crippen LogP contribution in [0, 0.1) is 17.1 Å². The third-order valence-corrected chi connectivity index (χ3v) is 5.47. The molecule has 3 aromatic rings. The predicted molar refractivity (Wildman–Crippen MR) is 136 cm³/mol. The van der Waals surface area contributed by atoms with Crippen molar-refractivity contribution in [1.82, 2.24) is 0 Å². The molecule has 0 bridgehead atoms. The Bertz CT molecular complexity index is 1320. The van der Waals surface area contributed by atoms with Crippen LogP contribution in [-0.2, 0) is 16.1 Å². The second-order valence-corrected chi connectivity index (χ2v) is 8.23. The third kappa shape index (κ3) is 6.93. The Morgan fingerprint density at radius 2 is 1.81 bits per heavy atom. The van der Waals surface area contributed by atoms with Gasteiger partial charge in [-0.05, 0) is 88.6 Å². The molecular formula is C27H22BrFN2O5. The minimum absolute atomic E-state index is 0.140. The summed E-state index contributed by atoms with van der Waals surface area (Å²) in [5, 5.41) is 12.2. The maximum atomic E-state index is 13.1. The molecule has 1 amide bonds. The van der Waals surface area contributed by atoms with Crippen molar-refractivity contribution in [2.24, 2.45) is 0 Å². The topological polar surface area (TPSA) is 97.7 Å². The minimum Gasteiger partial charge on any atom is -0.493 e. The Kier molecular flexibility index (Phi) is 9.19. The van der Waals surface area contributed by atoms with Crippen LogP contribution in [0.1, 0.15) is 28.4 Å². The number of esters is 1. The Morgan fingerprint density at radius 3 is 2.42 bits per heavy atom. The first-order chi connectivity index (χ1) is 17.3. The largest absolute Gasteiger partial charge is 0.493 e. The Balaban J connectivity index is 1.75.